The lowest BCUT2D eigenvalue weighted by Crippen LogP contribution is -2.10. The van der Waals surface area contributed by atoms with Crippen LogP contribution in [0.25, 0.3) is 21.5 Å². The number of hydrogen-bond acceptors (Lipinski definition) is 10. The molecule has 372 valence electrons. The van der Waals surface area contributed by atoms with Gasteiger partial charge >= 0.3 is 17.9 Å². The summed E-state index contributed by atoms with van der Waals surface area (Å²) in [4.78, 5) is 35.4. The van der Waals surface area contributed by atoms with Gasteiger partial charge in [-0.1, -0.05) is 68.0 Å². The molecule has 0 radical (unpaired) electrons. The number of carbonyl (C=O) groups excluding carboxylic acids is 3. The number of unbranched alkanes of at least 4 members (excludes halogenated alkanes) is 7. The molecule has 0 amide bonds. The van der Waals surface area contributed by atoms with Gasteiger partial charge < -0.3 is 33.2 Å². The first kappa shape index (κ1) is 53.4. The fourth-order valence-electron chi connectivity index (χ4n) is 7.41. The summed E-state index contributed by atoms with van der Waals surface area (Å²) in [5.74, 6) is 14.7. The number of rotatable bonds is 28. The third-order valence-electron chi connectivity index (χ3n) is 11.3. The first-order chi connectivity index (χ1) is 35.3. The van der Waals surface area contributed by atoms with E-state index in [-0.39, 0.29) is 11.9 Å². The summed E-state index contributed by atoms with van der Waals surface area (Å²) in [5.41, 5.74) is 3.68. The normalized spacial score (nSPS) is 10.5. The molecular formula is C62H64O10. The van der Waals surface area contributed by atoms with Crippen LogP contribution in [0.3, 0.4) is 0 Å². The van der Waals surface area contributed by atoms with Crippen molar-refractivity contribution in [2.45, 2.75) is 77.6 Å². The maximum Gasteiger partial charge on any atom is 0.341 e. The van der Waals surface area contributed by atoms with Crippen molar-refractivity contribution >= 4 is 39.5 Å². The molecule has 0 aliphatic heterocycles. The Morgan fingerprint density at radius 1 is 0.403 bits per heavy atom. The Labute approximate surface area is 424 Å². The Morgan fingerprint density at radius 2 is 0.792 bits per heavy atom. The van der Waals surface area contributed by atoms with Crippen LogP contribution in [0.1, 0.15) is 110 Å². The quantitative estimate of drug-likeness (QED) is 0.0155. The topological polar surface area (TPSA) is 116 Å². The Bertz CT molecular complexity index is 2880. The molecule has 0 N–H and O–H groups in total. The first-order valence-corrected chi connectivity index (χ1v) is 24.9. The largest absolute Gasteiger partial charge is 0.494 e. The van der Waals surface area contributed by atoms with E-state index in [1.54, 1.807) is 12.1 Å². The van der Waals surface area contributed by atoms with E-state index >= 15 is 0 Å². The second-order valence-corrected chi connectivity index (χ2v) is 17.0. The number of hydrogen-bond donors (Lipinski definition) is 0. The van der Waals surface area contributed by atoms with Crippen LogP contribution in [-0.2, 0) is 23.8 Å². The van der Waals surface area contributed by atoms with Crippen LogP contribution in [0.5, 0.6) is 23.0 Å². The number of fused-ring (bicyclic) bond motifs is 2. The molecule has 0 bridgehead atoms. The average molecular weight is 969 g/mol. The van der Waals surface area contributed by atoms with Crippen molar-refractivity contribution in [2.24, 2.45) is 0 Å². The molecule has 0 aliphatic rings. The summed E-state index contributed by atoms with van der Waals surface area (Å²) in [7, 11) is 0. The highest BCUT2D eigenvalue weighted by molar-refractivity contribution is 5.93. The van der Waals surface area contributed by atoms with E-state index in [9.17, 15) is 14.4 Å². The fourth-order valence-corrected chi connectivity index (χ4v) is 7.41. The van der Waals surface area contributed by atoms with Gasteiger partial charge in [-0.2, -0.15) is 0 Å². The molecule has 0 saturated heterocycles. The standard InChI is InChI=1S/C62H64O10/c1-4-35-72-62(65)58-44-50(20-19-49-22-27-54-46-57(33-29-52(54)43-49)68-37-12-8-10-14-41-71-61(64)6-3)25-34-59(58)69-39-16-15-38-66-55-30-23-47(24-31-55)17-18-48-21-26-53-45-56(32-28-51(53)42-48)67-36-11-7-9-13-40-70-60(63)5-2/h5-6,21-34,42-46H,2-4,7-16,35-41H2,1H3. The van der Waals surface area contributed by atoms with Crippen LogP contribution >= 0.6 is 0 Å². The SMILES string of the molecule is C=CC(=O)OCCCCCCOc1ccc2cc(C#Cc3ccc(OCCCCOc4ccc(C#Cc5ccc6cc(OCCCCCCOC(=O)C=C)ccc6c5)cc4C(=O)OCCC)cc3)ccc2c1. The lowest BCUT2D eigenvalue weighted by molar-refractivity contribution is -0.138. The maximum absolute atomic E-state index is 13.1. The van der Waals surface area contributed by atoms with E-state index in [4.69, 9.17) is 33.2 Å². The Kier molecular flexibility index (Phi) is 22.2. The molecule has 10 heteroatoms. The third kappa shape index (κ3) is 18.4. The smallest absolute Gasteiger partial charge is 0.341 e. The van der Waals surface area contributed by atoms with Crippen molar-refractivity contribution < 1.29 is 47.5 Å². The van der Waals surface area contributed by atoms with E-state index in [0.717, 1.165) is 120 Å². The number of carbonyl (C=O) groups is 3. The molecule has 0 heterocycles. The summed E-state index contributed by atoms with van der Waals surface area (Å²) < 4.78 is 39.6. The molecule has 6 aromatic rings. The van der Waals surface area contributed by atoms with E-state index < -0.39 is 5.97 Å². The average Bonchev–Trinajstić information content (AvgIpc) is 3.41. The van der Waals surface area contributed by atoms with Gasteiger partial charge in [0.2, 0.25) is 0 Å². The van der Waals surface area contributed by atoms with E-state index in [1.807, 2.05) is 85.8 Å². The van der Waals surface area contributed by atoms with Gasteiger partial charge in [-0.05, 0) is 183 Å². The number of esters is 3. The molecule has 0 aliphatic carbocycles. The van der Waals surface area contributed by atoms with Gasteiger partial charge in [0.25, 0.3) is 0 Å². The highest BCUT2D eigenvalue weighted by atomic mass is 16.5. The molecule has 0 spiro atoms. The van der Waals surface area contributed by atoms with Crippen molar-refractivity contribution in [1.29, 1.82) is 0 Å². The molecule has 0 unspecified atom stereocenters. The molecular weight excluding hydrogens is 905 g/mol. The van der Waals surface area contributed by atoms with Crippen LogP contribution in [-0.4, -0.2) is 64.2 Å². The van der Waals surface area contributed by atoms with Crippen molar-refractivity contribution in [2.75, 3.05) is 46.2 Å². The third-order valence-corrected chi connectivity index (χ3v) is 11.3. The molecule has 0 aromatic heterocycles. The zero-order valence-electron chi connectivity index (χ0n) is 41.3. The lowest BCUT2D eigenvalue weighted by atomic mass is 10.1. The van der Waals surface area contributed by atoms with Crippen LogP contribution in [0.4, 0.5) is 0 Å². The van der Waals surface area contributed by atoms with Gasteiger partial charge in [-0.3, -0.25) is 0 Å². The summed E-state index contributed by atoms with van der Waals surface area (Å²) >= 11 is 0. The highest BCUT2D eigenvalue weighted by Crippen LogP contribution is 2.26. The molecule has 0 saturated carbocycles. The van der Waals surface area contributed by atoms with Crippen molar-refractivity contribution in [3.8, 4) is 46.7 Å². The summed E-state index contributed by atoms with van der Waals surface area (Å²) in [5, 5.41) is 4.28. The Morgan fingerprint density at radius 3 is 1.31 bits per heavy atom. The van der Waals surface area contributed by atoms with Crippen LogP contribution in [0, 0.1) is 23.7 Å². The van der Waals surface area contributed by atoms with Crippen LogP contribution < -0.4 is 18.9 Å². The van der Waals surface area contributed by atoms with Crippen LogP contribution in [0.15, 0.2) is 141 Å². The van der Waals surface area contributed by atoms with Gasteiger partial charge in [0.1, 0.15) is 28.6 Å². The Hall–Kier alpha value is -7.95. The van der Waals surface area contributed by atoms with E-state index in [1.165, 1.54) is 12.2 Å². The summed E-state index contributed by atoms with van der Waals surface area (Å²) in [6, 6.07) is 37.5. The maximum atomic E-state index is 13.1. The van der Waals surface area contributed by atoms with Crippen molar-refractivity contribution in [3.05, 3.63) is 168 Å². The zero-order chi connectivity index (χ0) is 50.6. The second-order valence-electron chi connectivity index (χ2n) is 17.0. The highest BCUT2D eigenvalue weighted by Gasteiger charge is 2.15. The number of benzene rings is 6. The molecule has 6 aromatic carbocycles. The Balaban J connectivity index is 0.911. The van der Waals surface area contributed by atoms with Gasteiger partial charge in [0.05, 0.1) is 46.2 Å². The predicted molar refractivity (Wildman–Crippen MR) is 284 cm³/mol. The van der Waals surface area contributed by atoms with Gasteiger partial charge in [0.15, 0.2) is 0 Å². The molecule has 0 fully saturated rings. The predicted octanol–water partition coefficient (Wildman–Crippen LogP) is 12.9. The van der Waals surface area contributed by atoms with E-state index in [0.29, 0.717) is 69.5 Å². The van der Waals surface area contributed by atoms with Crippen LogP contribution in [0.2, 0.25) is 0 Å². The fraction of sp³-hybridized carbons (Fsp3) is 0.306. The van der Waals surface area contributed by atoms with Gasteiger partial charge in [0, 0.05) is 34.4 Å². The van der Waals surface area contributed by atoms with E-state index in [2.05, 4.69) is 61.1 Å². The first-order valence-electron chi connectivity index (χ1n) is 24.9. The molecule has 72 heavy (non-hydrogen) atoms. The second kappa shape index (κ2) is 29.9. The zero-order valence-corrected chi connectivity index (χ0v) is 41.3. The van der Waals surface area contributed by atoms with Gasteiger partial charge in [-0.15, -0.1) is 0 Å². The lowest BCUT2D eigenvalue weighted by Gasteiger charge is -2.12. The minimum atomic E-state index is -0.442. The van der Waals surface area contributed by atoms with Crippen molar-refractivity contribution in [1.82, 2.24) is 0 Å². The monoisotopic (exact) mass is 968 g/mol. The molecule has 0 atom stereocenters. The summed E-state index contributed by atoms with van der Waals surface area (Å²) in [6.45, 7) is 12.1. The molecule has 6 rings (SSSR count). The summed E-state index contributed by atoms with van der Waals surface area (Å²) in [6.07, 6.45) is 12.0. The molecule has 10 nitrogen and oxygen atoms in total. The van der Waals surface area contributed by atoms with Gasteiger partial charge in [-0.25, -0.2) is 14.4 Å². The minimum absolute atomic E-state index is 0.311. The van der Waals surface area contributed by atoms with Crippen molar-refractivity contribution in [3.63, 3.8) is 0 Å². The number of ether oxygens (including phenoxy) is 7. The minimum Gasteiger partial charge on any atom is -0.494 e.